The minimum Gasteiger partial charge on any atom is -0.478 e. The summed E-state index contributed by atoms with van der Waals surface area (Å²) in [5.74, 6) is -1.72. The molecular formula is C14H14O4. The Labute approximate surface area is 105 Å². The maximum Gasteiger partial charge on any atom is 0.337 e. The van der Waals surface area contributed by atoms with Crippen molar-refractivity contribution >= 4 is 11.9 Å². The molecule has 1 N–H and O–H groups in total. The van der Waals surface area contributed by atoms with Crippen molar-refractivity contribution in [2.24, 2.45) is 0 Å². The molecule has 0 aliphatic rings. The first-order valence-corrected chi connectivity index (χ1v) is 5.32. The lowest BCUT2D eigenvalue weighted by Gasteiger charge is -2.04. The van der Waals surface area contributed by atoms with Gasteiger partial charge in [0.15, 0.2) is 0 Å². The Bertz CT molecular complexity index is 486. The summed E-state index contributed by atoms with van der Waals surface area (Å²) >= 11 is 0. The number of carboxylic acids is 1. The van der Waals surface area contributed by atoms with Crippen molar-refractivity contribution in [1.29, 1.82) is 0 Å². The molecule has 0 saturated heterocycles. The van der Waals surface area contributed by atoms with Gasteiger partial charge in [0.25, 0.3) is 0 Å². The fourth-order valence-corrected chi connectivity index (χ4v) is 1.20. The van der Waals surface area contributed by atoms with E-state index in [9.17, 15) is 9.59 Å². The van der Waals surface area contributed by atoms with Crippen molar-refractivity contribution in [2.45, 2.75) is 13.5 Å². The Morgan fingerprint density at radius 1 is 1.33 bits per heavy atom. The van der Waals surface area contributed by atoms with Gasteiger partial charge >= 0.3 is 11.9 Å². The highest BCUT2D eigenvalue weighted by molar-refractivity contribution is 5.94. The molecule has 0 bridgehead atoms. The van der Waals surface area contributed by atoms with Crippen LogP contribution in [0.2, 0.25) is 0 Å². The van der Waals surface area contributed by atoms with Crippen LogP contribution in [0.15, 0.2) is 54.1 Å². The molecule has 94 valence electrons. The third-order valence-corrected chi connectivity index (χ3v) is 2.20. The molecule has 1 aromatic carbocycles. The highest BCUT2D eigenvalue weighted by Crippen LogP contribution is 2.06. The van der Waals surface area contributed by atoms with Crippen molar-refractivity contribution in [3.8, 4) is 0 Å². The molecule has 0 radical (unpaired) electrons. The van der Waals surface area contributed by atoms with Gasteiger partial charge in [0.05, 0.1) is 5.57 Å². The Hall–Kier alpha value is -2.36. The van der Waals surface area contributed by atoms with Gasteiger partial charge in [-0.15, -0.1) is 0 Å². The monoisotopic (exact) mass is 246 g/mol. The summed E-state index contributed by atoms with van der Waals surface area (Å²) in [6.07, 6.45) is 1.19. The molecule has 0 fully saturated rings. The van der Waals surface area contributed by atoms with Crippen LogP contribution in [-0.2, 0) is 20.9 Å². The van der Waals surface area contributed by atoms with Crippen molar-refractivity contribution in [3.63, 3.8) is 0 Å². The maximum atomic E-state index is 11.5. The van der Waals surface area contributed by atoms with E-state index in [4.69, 9.17) is 9.84 Å². The van der Waals surface area contributed by atoms with E-state index in [1.165, 1.54) is 13.0 Å². The molecule has 0 spiro atoms. The summed E-state index contributed by atoms with van der Waals surface area (Å²) in [7, 11) is 0. The Morgan fingerprint density at radius 2 is 1.94 bits per heavy atom. The molecule has 0 atom stereocenters. The van der Waals surface area contributed by atoms with Crippen LogP contribution in [-0.4, -0.2) is 17.0 Å². The second-order valence-corrected chi connectivity index (χ2v) is 3.72. The molecule has 0 amide bonds. The van der Waals surface area contributed by atoms with E-state index in [1.807, 2.05) is 30.3 Å². The zero-order valence-corrected chi connectivity index (χ0v) is 10.1. The largest absolute Gasteiger partial charge is 0.478 e. The molecule has 1 aromatic rings. The Balaban J connectivity index is 2.54. The Morgan fingerprint density at radius 3 is 2.50 bits per heavy atom. The molecule has 0 unspecified atom stereocenters. The van der Waals surface area contributed by atoms with Crippen molar-refractivity contribution < 1.29 is 19.4 Å². The number of aliphatic carboxylic acids is 1. The number of carbonyl (C=O) groups excluding carboxylic acids is 1. The maximum absolute atomic E-state index is 11.5. The summed E-state index contributed by atoms with van der Waals surface area (Å²) in [5, 5.41) is 8.66. The molecule has 0 saturated carbocycles. The lowest BCUT2D eigenvalue weighted by molar-refractivity contribution is -0.139. The number of rotatable bonds is 5. The first kappa shape index (κ1) is 13.7. The summed E-state index contributed by atoms with van der Waals surface area (Å²) in [4.78, 5) is 22.1. The van der Waals surface area contributed by atoms with Crippen LogP contribution < -0.4 is 0 Å². The lowest BCUT2D eigenvalue weighted by atomic mass is 10.2. The predicted octanol–water partition coefficient (Wildman–Crippen LogP) is 2.32. The van der Waals surface area contributed by atoms with E-state index in [2.05, 4.69) is 6.58 Å². The summed E-state index contributed by atoms with van der Waals surface area (Å²) in [5.41, 5.74) is 0.917. The quantitative estimate of drug-likeness (QED) is 0.492. The molecule has 0 aromatic heterocycles. The van der Waals surface area contributed by atoms with Gasteiger partial charge in [0.1, 0.15) is 6.61 Å². The van der Waals surface area contributed by atoms with E-state index in [0.29, 0.717) is 0 Å². The van der Waals surface area contributed by atoms with Crippen LogP contribution in [0, 0.1) is 0 Å². The summed E-state index contributed by atoms with van der Waals surface area (Å²) < 4.78 is 4.99. The molecule has 18 heavy (non-hydrogen) atoms. The first-order chi connectivity index (χ1) is 8.50. The number of carbonyl (C=O) groups is 2. The SMILES string of the molecule is C=C(C=C(C)C(=O)O)C(=O)OCc1ccccc1. The number of benzene rings is 1. The van der Waals surface area contributed by atoms with E-state index in [1.54, 1.807) is 0 Å². The average molecular weight is 246 g/mol. The minimum absolute atomic E-state index is 0.0193. The van der Waals surface area contributed by atoms with Crippen molar-refractivity contribution in [3.05, 3.63) is 59.7 Å². The summed E-state index contributed by atoms with van der Waals surface area (Å²) in [6.45, 7) is 5.00. The smallest absolute Gasteiger partial charge is 0.337 e. The van der Waals surface area contributed by atoms with Gasteiger partial charge in [0.2, 0.25) is 0 Å². The third-order valence-electron chi connectivity index (χ3n) is 2.20. The highest BCUT2D eigenvalue weighted by Gasteiger charge is 2.09. The number of hydrogen-bond acceptors (Lipinski definition) is 3. The normalized spacial score (nSPS) is 10.8. The van der Waals surface area contributed by atoms with Gasteiger partial charge in [-0.3, -0.25) is 0 Å². The molecule has 0 aliphatic heterocycles. The van der Waals surface area contributed by atoms with E-state index < -0.39 is 11.9 Å². The van der Waals surface area contributed by atoms with E-state index in [-0.39, 0.29) is 17.8 Å². The molecular weight excluding hydrogens is 232 g/mol. The van der Waals surface area contributed by atoms with Gasteiger partial charge in [-0.2, -0.15) is 0 Å². The number of esters is 1. The second-order valence-electron chi connectivity index (χ2n) is 3.72. The van der Waals surface area contributed by atoms with Gasteiger partial charge < -0.3 is 9.84 Å². The zero-order chi connectivity index (χ0) is 13.5. The molecule has 4 heteroatoms. The van der Waals surface area contributed by atoms with Crippen LogP contribution in [0.1, 0.15) is 12.5 Å². The Kier molecular flexibility index (Phi) is 4.87. The van der Waals surface area contributed by atoms with Crippen LogP contribution in [0.4, 0.5) is 0 Å². The number of hydrogen-bond donors (Lipinski definition) is 1. The van der Waals surface area contributed by atoms with Crippen LogP contribution in [0.3, 0.4) is 0 Å². The average Bonchev–Trinajstić information content (AvgIpc) is 2.36. The molecule has 4 nitrogen and oxygen atoms in total. The fourth-order valence-electron chi connectivity index (χ4n) is 1.20. The van der Waals surface area contributed by atoms with Crippen LogP contribution in [0.25, 0.3) is 0 Å². The van der Waals surface area contributed by atoms with Crippen molar-refractivity contribution in [1.82, 2.24) is 0 Å². The fraction of sp³-hybridized carbons (Fsp3) is 0.143. The number of ether oxygens (including phenoxy) is 1. The van der Waals surface area contributed by atoms with Gasteiger partial charge in [-0.1, -0.05) is 36.9 Å². The molecule has 0 heterocycles. The minimum atomic E-state index is -1.09. The van der Waals surface area contributed by atoms with Crippen molar-refractivity contribution in [2.75, 3.05) is 0 Å². The lowest BCUT2D eigenvalue weighted by Crippen LogP contribution is -2.07. The van der Waals surface area contributed by atoms with Crippen LogP contribution >= 0.6 is 0 Å². The molecule has 1 rings (SSSR count). The first-order valence-electron chi connectivity index (χ1n) is 5.32. The zero-order valence-electron chi connectivity index (χ0n) is 10.1. The van der Waals surface area contributed by atoms with Crippen LogP contribution in [0.5, 0.6) is 0 Å². The topological polar surface area (TPSA) is 63.6 Å². The van der Waals surface area contributed by atoms with E-state index in [0.717, 1.165) is 5.56 Å². The van der Waals surface area contributed by atoms with Gasteiger partial charge in [0, 0.05) is 5.57 Å². The van der Waals surface area contributed by atoms with Gasteiger partial charge in [-0.05, 0) is 18.6 Å². The summed E-state index contributed by atoms with van der Waals surface area (Å²) in [6, 6.07) is 9.20. The second kappa shape index (κ2) is 6.39. The number of carboxylic acid groups (broad SMARTS) is 1. The standard InChI is InChI=1S/C14H14O4/c1-10(13(15)16)8-11(2)14(17)18-9-12-6-4-3-5-7-12/h3-8H,2,9H2,1H3,(H,15,16). The van der Waals surface area contributed by atoms with E-state index >= 15 is 0 Å². The highest BCUT2D eigenvalue weighted by atomic mass is 16.5. The van der Waals surface area contributed by atoms with Gasteiger partial charge in [-0.25, -0.2) is 9.59 Å². The third kappa shape index (κ3) is 4.25. The predicted molar refractivity (Wildman–Crippen MR) is 66.8 cm³/mol. The molecule has 0 aliphatic carbocycles.